The molecular weight excluding hydrogens is 180 g/mol. The van der Waals surface area contributed by atoms with E-state index in [1.54, 1.807) is 4.57 Å². The summed E-state index contributed by atoms with van der Waals surface area (Å²) in [5.41, 5.74) is 0. The van der Waals surface area contributed by atoms with E-state index >= 15 is 0 Å². The molecule has 0 aliphatic rings. The number of carbonyl (C=O) groups excluding carboxylic acids is 1. The normalized spacial score (nSPS) is 10.6. The Morgan fingerprint density at radius 1 is 1.50 bits per heavy atom. The summed E-state index contributed by atoms with van der Waals surface area (Å²) in [4.78, 5) is 11.4. The first-order chi connectivity index (χ1) is 6.50. The molecule has 1 rings (SSSR count). The van der Waals surface area contributed by atoms with Crippen LogP contribution in [0.5, 0.6) is 0 Å². The highest BCUT2D eigenvalue weighted by Crippen LogP contribution is 2.06. The van der Waals surface area contributed by atoms with E-state index in [2.05, 4.69) is 15.5 Å². The van der Waals surface area contributed by atoms with E-state index in [9.17, 15) is 4.79 Å². The molecule has 1 heterocycles. The Balaban J connectivity index is 2.61. The second-order valence-corrected chi connectivity index (χ2v) is 3.78. The molecule has 0 saturated heterocycles. The van der Waals surface area contributed by atoms with Crippen molar-refractivity contribution in [1.82, 2.24) is 14.8 Å². The summed E-state index contributed by atoms with van der Waals surface area (Å²) in [5, 5.41) is 10.4. The third-order valence-corrected chi connectivity index (χ3v) is 1.94. The van der Waals surface area contributed by atoms with Crippen LogP contribution in [0.2, 0.25) is 0 Å². The van der Waals surface area contributed by atoms with Crippen LogP contribution in [0.3, 0.4) is 0 Å². The Hall–Kier alpha value is -1.39. The zero-order valence-electron chi connectivity index (χ0n) is 9.03. The number of aryl methyl sites for hydroxylation is 1. The van der Waals surface area contributed by atoms with E-state index < -0.39 is 0 Å². The summed E-state index contributed by atoms with van der Waals surface area (Å²) in [6.45, 7) is 5.84. The molecule has 78 valence electrons. The van der Waals surface area contributed by atoms with Gasteiger partial charge in [0.25, 0.3) is 0 Å². The average molecular weight is 196 g/mol. The van der Waals surface area contributed by atoms with Gasteiger partial charge in [0.15, 0.2) is 0 Å². The number of aromatic nitrogens is 3. The molecule has 14 heavy (non-hydrogen) atoms. The van der Waals surface area contributed by atoms with E-state index in [1.165, 1.54) is 0 Å². The van der Waals surface area contributed by atoms with Gasteiger partial charge in [-0.1, -0.05) is 13.8 Å². The fraction of sp³-hybridized carbons (Fsp3) is 0.667. The molecule has 0 atom stereocenters. The number of hydrogen-bond acceptors (Lipinski definition) is 3. The first-order valence-corrected chi connectivity index (χ1v) is 4.66. The number of carbonyl (C=O) groups is 1. The van der Waals surface area contributed by atoms with Crippen LogP contribution in [0.15, 0.2) is 0 Å². The molecule has 1 amide bonds. The maximum atomic E-state index is 11.4. The highest BCUT2D eigenvalue weighted by molar-refractivity contribution is 5.89. The lowest BCUT2D eigenvalue weighted by Gasteiger charge is -2.05. The second-order valence-electron chi connectivity index (χ2n) is 3.78. The van der Waals surface area contributed by atoms with Crippen molar-refractivity contribution < 1.29 is 4.79 Å². The molecule has 0 fully saturated rings. The first-order valence-electron chi connectivity index (χ1n) is 4.66. The van der Waals surface area contributed by atoms with Gasteiger partial charge in [0.2, 0.25) is 11.9 Å². The maximum Gasteiger partial charge on any atom is 0.230 e. The van der Waals surface area contributed by atoms with Gasteiger partial charge in [-0.2, -0.15) is 0 Å². The van der Waals surface area contributed by atoms with Gasteiger partial charge in [-0.3, -0.25) is 10.1 Å². The highest BCUT2D eigenvalue weighted by Gasteiger charge is 2.09. The van der Waals surface area contributed by atoms with Gasteiger partial charge in [0, 0.05) is 13.5 Å². The van der Waals surface area contributed by atoms with Gasteiger partial charge in [-0.15, -0.1) is 10.2 Å². The Morgan fingerprint density at radius 3 is 2.57 bits per heavy atom. The molecule has 0 aliphatic heterocycles. The van der Waals surface area contributed by atoms with Crippen LogP contribution >= 0.6 is 0 Å². The molecular formula is C9H16N4O. The Morgan fingerprint density at radius 2 is 2.14 bits per heavy atom. The SMILES string of the molecule is Cc1nnc(NC(=O)CC(C)C)n1C. The number of rotatable bonds is 3. The molecule has 0 aromatic carbocycles. The van der Waals surface area contributed by atoms with Crippen LogP contribution in [0.1, 0.15) is 26.1 Å². The molecule has 1 aromatic heterocycles. The minimum Gasteiger partial charge on any atom is -0.300 e. The summed E-state index contributed by atoms with van der Waals surface area (Å²) in [6, 6.07) is 0. The lowest BCUT2D eigenvalue weighted by atomic mass is 10.1. The molecule has 5 heteroatoms. The zero-order valence-corrected chi connectivity index (χ0v) is 9.03. The largest absolute Gasteiger partial charge is 0.300 e. The van der Waals surface area contributed by atoms with E-state index in [0.29, 0.717) is 18.3 Å². The van der Waals surface area contributed by atoms with Crippen molar-refractivity contribution in [2.45, 2.75) is 27.2 Å². The predicted molar refractivity (Wildman–Crippen MR) is 53.8 cm³/mol. The summed E-state index contributed by atoms with van der Waals surface area (Å²) in [5.74, 6) is 1.62. The minimum absolute atomic E-state index is 0.0181. The smallest absolute Gasteiger partial charge is 0.230 e. The quantitative estimate of drug-likeness (QED) is 0.787. The van der Waals surface area contributed by atoms with Crippen LogP contribution in [-0.4, -0.2) is 20.7 Å². The van der Waals surface area contributed by atoms with Gasteiger partial charge in [-0.25, -0.2) is 0 Å². The topological polar surface area (TPSA) is 59.8 Å². The summed E-state index contributed by atoms with van der Waals surface area (Å²) in [7, 11) is 1.82. The first kappa shape index (κ1) is 10.7. The highest BCUT2D eigenvalue weighted by atomic mass is 16.1. The Bertz CT molecular complexity index is 330. The van der Waals surface area contributed by atoms with Crippen molar-refractivity contribution in [3.8, 4) is 0 Å². The van der Waals surface area contributed by atoms with Gasteiger partial charge in [-0.05, 0) is 12.8 Å². The zero-order chi connectivity index (χ0) is 10.7. The van der Waals surface area contributed by atoms with E-state index in [1.807, 2.05) is 27.8 Å². The molecule has 0 unspecified atom stereocenters. The van der Waals surface area contributed by atoms with Crippen LogP contribution < -0.4 is 5.32 Å². The van der Waals surface area contributed by atoms with Crippen molar-refractivity contribution in [3.05, 3.63) is 5.82 Å². The fourth-order valence-corrected chi connectivity index (χ4v) is 1.06. The van der Waals surface area contributed by atoms with Crippen molar-refractivity contribution in [2.24, 2.45) is 13.0 Å². The maximum absolute atomic E-state index is 11.4. The van der Waals surface area contributed by atoms with Crippen molar-refractivity contribution in [1.29, 1.82) is 0 Å². The lowest BCUT2D eigenvalue weighted by molar-refractivity contribution is -0.116. The number of amides is 1. The molecule has 0 radical (unpaired) electrons. The number of hydrogen-bond donors (Lipinski definition) is 1. The van der Waals surface area contributed by atoms with Crippen molar-refractivity contribution in [3.63, 3.8) is 0 Å². The minimum atomic E-state index is -0.0181. The average Bonchev–Trinajstić information content (AvgIpc) is 2.34. The summed E-state index contributed by atoms with van der Waals surface area (Å²) < 4.78 is 1.75. The lowest BCUT2D eigenvalue weighted by Crippen LogP contribution is -2.16. The molecule has 0 aliphatic carbocycles. The van der Waals surface area contributed by atoms with Crippen molar-refractivity contribution >= 4 is 11.9 Å². The predicted octanol–water partition coefficient (Wildman–Crippen LogP) is 1.11. The van der Waals surface area contributed by atoms with Crippen LogP contribution in [0.25, 0.3) is 0 Å². The number of nitrogens with one attached hydrogen (secondary N) is 1. The van der Waals surface area contributed by atoms with E-state index in [0.717, 1.165) is 5.82 Å². The van der Waals surface area contributed by atoms with Gasteiger partial charge in [0.1, 0.15) is 5.82 Å². The van der Waals surface area contributed by atoms with Gasteiger partial charge in [0.05, 0.1) is 0 Å². The number of nitrogens with zero attached hydrogens (tertiary/aromatic N) is 3. The Kier molecular flexibility index (Phi) is 3.22. The van der Waals surface area contributed by atoms with Crippen LogP contribution in [0, 0.1) is 12.8 Å². The van der Waals surface area contributed by atoms with Gasteiger partial charge >= 0.3 is 0 Å². The van der Waals surface area contributed by atoms with Gasteiger partial charge < -0.3 is 4.57 Å². The monoisotopic (exact) mass is 196 g/mol. The number of anilines is 1. The van der Waals surface area contributed by atoms with Crippen LogP contribution in [0.4, 0.5) is 5.95 Å². The van der Waals surface area contributed by atoms with E-state index in [-0.39, 0.29) is 5.91 Å². The molecule has 0 saturated carbocycles. The van der Waals surface area contributed by atoms with Crippen molar-refractivity contribution in [2.75, 3.05) is 5.32 Å². The summed E-state index contributed by atoms with van der Waals surface area (Å²) >= 11 is 0. The molecule has 1 aromatic rings. The molecule has 0 bridgehead atoms. The fourth-order valence-electron chi connectivity index (χ4n) is 1.06. The summed E-state index contributed by atoms with van der Waals surface area (Å²) in [6.07, 6.45) is 0.506. The standard InChI is InChI=1S/C9H16N4O/c1-6(2)5-8(14)10-9-12-11-7(3)13(9)4/h6H,5H2,1-4H3,(H,10,12,14). The molecule has 0 spiro atoms. The van der Waals surface area contributed by atoms with Crippen LogP contribution in [-0.2, 0) is 11.8 Å². The third-order valence-electron chi connectivity index (χ3n) is 1.94. The second kappa shape index (κ2) is 4.21. The Labute approximate surface area is 83.5 Å². The molecule has 1 N–H and O–H groups in total. The molecule has 5 nitrogen and oxygen atoms in total. The van der Waals surface area contributed by atoms with E-state index in [4.69, 9.17) is 0 Å². The third kappa shape index (κ3) is 2.55.